The summed E-state index contributed by atoms with van der Waals surface area (Å²) in [4.78, 5) is 0.225. The standard InChI is InChI=1S/C16H17ClN2O2S/c1-11-15(17)3-2-4-16(11)22(20,21)19-8-12-5-6-13-9-18-10-14(13)7-12/h2-7,18-19H,8-10H2,1H3. The summed E-state index contributed by atoms with van der Waals surface area (Å²) in [6.07, 6.45) is 0. The van der Waals surface area contributed by atoms with Crippen LogP contribution >= 0.6 is 11.6 Å². The minimum Gasteiger partial charge on any atom is -0.309 e. The first-order valence-electron chi connectivity index (χ1n) is 7.03. The van der Waals surface area contributed by atoms with Gasteiger partial charge < -0.3 is 5.32 Å². The lowest BCUT2D eigenvalue weighted by Crippen LogP contribution is -2.24. The number of hydrogen-bond acceptors (Lipinski definition) is 3. The van der Waals surface area contributed by atoms with Crippen molar-refractivity contribution in [1.29, 1.82) is 0 Å². The van der Waals surface area contributed by atoms with Crippen molar-refractivity contribution < 1.29 is 8.42 Å². The Balaban J connectivity index is 1.79. The van der Waals surface area contributed by atoms with Gasteiger partial charge in [-0.15, -0.1) is 0 Å². The van der Waals surface area contributed by atoms with Gasteiger partial charge in [0.05, 0.1) is 4.90 Å². The second-order valence-electron chi connectivity index (χ2n) is 5.39. The van der Waals surface area contributed by atoms with Crippen molar-refractivity contribution in [3.63, 3.8) is 0 Å². The van der Waals surface area contributed by atoms with Crippen LogP contribution in [0, 0.1) is 6.92 Å². The number of halogens is 1. The molecule has 0 unspecified atom stereocenters. The van der Waals surface area contributed by atoms with Crippen molar-refractivity contribution in [2.45, 2.75) is 31.5 Å². The second-order valence-corrected chi connectivity index (χ2v) is 7.54. The van der Waals surface area contributed by atoms with Crippen molar-refractivity contribution in [3.8, 4) is 0 Å². The lowest BCUT2D eigenvalue weighted by molar-refractivity contribution is 0.580. The third kappa shape index (κ3) is 3.03. The molecular formula is C16H17ClN2O2S. The Hall–Kier alpha value is -1.40. The molecule has 4 nitrogen and oxygen atoms in total. The van der Waals surface area contributed by atoms with E-state index in [4.69, 9.17) is 11.6 Å². The smallest absolute Gasteiger partial charge is 0.241 e. The number of nitrogens with one attached hydrogen (secondary N) is 2. The van der Waals surface area contributed by atoms with Crippen molar-refractivity contribution in [3.05, 3.63) is 63.7 Å². The molecule has 0 atom stereocenters. The molecule has 0 aliphatic carbocycles. The molecule has 0 saturated heterocycles. The van der Waals surface area contributed by atoms with E-state index in [2.05, 4.69) is 10.0 Å². The van der Waals surface area contributed by atoms with Crippen LogP contribution < -0.4 is 10.0 Å². The maximum Gasteiger partial charge on any atom is 0.241 e. The highest BCUT2D eigenvalue weighted by molar-refractivity contribution is 7.89. The Morgan fingerprint density at radius 1 is 1.18 bits per heavy atom. The Bertz CT molecular complexity index is 819. The first-order chi connectivity index (χ1) is 10.5. The van der Waals surface area contributed by atoms with Gasteiger partial charge in [-0.05, 0) is 41.3 Å². The monoisotopic (exact) mass is 336 g/mol. The molecule has 0 amide bonds. The normalized spacial score (nSPS) is 14.1. The fourth-order valence-corrected chi connectivity index (χ4v) is 4.11. The molecule has 2 N–H and O–H groups in total. The molecule has 0 bridgehead atoms. The van der Waals surface area contributed by atoms with Crippen LogP contribution in [0.15, 0.2) is 41.3 Å². The average Bonchev–Trinajstić information content (AvgIpc) is 2.95. The largest absolute Gasteiger partial charge is 0.309 e. The Morgan fingerprint density at radius 2 is 1.95 bits per heavy atom. The van der Waals surface area contributed by atoms with E-state index < -0.39 is 10.0 Å². The third-order valence-corrected chi connectivity index (χ3v) is 5.83. The number of sulfonamides is 1. The van der Waals surface area contributed by atoms with E-state index in [-0.39, 0.29) is 11.4 Å². The number of rotatable bonds is 4. The summed E-state index contributed by atoms with van der Waals surface area (Å²) in [6.45, 7) is 3.69. The van der Waals surface area contributed by atoms with Gasteiger partial charge in [-0.2, -0.15) is 0 Å². The van der Waals surface area contributed by atoms with Crippen molar-refractivity contribution >= 4 is 21.6 Å². The van der Waals surface area contributed by atoms with E-state index >= 15 is 0 Å². The highest BCUT2D eigenvalue weighted by Crippen LogP contribution is 2.23. The zero-order chi connectivity index (χ0) is 15.7. The first-order valence-corrected chi connectivity index (χ1v) is 8.90. The minimum atomic E-state index is -3.58. The SMILES string of the molecule is Cc1c(Cl)cccc1S(=O)(=O)NCc1ccc2c(c1)CNC2. The van der Waals surface area contributed by atoms with Gasteiger partial charge in [-0.25, -0.2) is 13.1 Å². The Morgan fingerprint density at radius 3 is 2.77 bits per heavy atom. The van der Waals surface area contributed by atoms with Crippen molar-refractivity contribution in [2.24, 2.45) is 0 Å². The molecule has 0 fully saturated rings. The van der Waals surface area contributed by atoms with Crippen LogP contribution in [0.1, 0.15) is 22.3 Å². The average molecular weight is 337 g/mol. The summed E-state index contributed by atoms with van der Waals surface area (Å²) in [5.74, 6) is 0. The molecule has 0 saturated carbocycles. The quantitative estimate of drug-likeness (QED) is 0.902. The predicted octanol–water partition coefficient (Wildman–Crippen LogP) is 2.73. The second kappa shape index (κ2) is 6.01. The van der Waals surface area contributed by atoms with Crippen LogP contribution in [-0.2, 0) is 29.7 Å². The molecule has 2 aromatic carbocycles. The molecule has 6 heteroatoms. The van der Waals surface area contributed by atoms with Crippen LogP contribution in [0.4, 0.5) is 0 Å². The van der Waals surface area contributed by atoms with E-state index in [0.29, 0.717) is 10.6 Å². The summed E-state index contributed by atoms with van der Waals surface area (Å²) >= 11 is 6.00. The van der Waals surface area contributed by atoms with E-state index in [0.717, 1.165) is 18.7 Å². The minimum absolute atomic E-state index is 0.225. The zero-order valence-corrected chi connectivity index (χ0v) is 13.8. The molecule has 1 aliphatic heterocycles. The number of hydrogen-bond donors (Lipinski definition) is 2. The molecule has 0 spiro atoms. The summed E-state index contributed by atoms with van der Waals surface area (Å²) in [6, 6.07) is 10.9. The lowest BCUT2D eigenvalue weighted by Gasteiger charge is -2.11. The predicted molar refractivity (Wildman–Crippen MR) is 87.2 cm³/mol. The van der Waals surface area contributed by atoms with E-state index in [1.54, 1.807) is 25.1 Å². The van der Waals surface area contributed by atoms with Crippen LogP contribution in [0.3, 0.4) is 0 Å². The molecule has 0 radical (unpaired) electrons. The van der Waals surface area contributed by atoms with E-state index in [1.807, 2.05) is 18.2 Å². The van der Waals surface area contributed by atoms with Gasteiger partial charge in [0.1, 0.15) is 0 Å². The van der Waals surface area contributed by atoms with Gasteiger partial charge in [-0.1, -0.05) is 35.9 Å². The van der Waals surface area contributed by atoms with Crippen LogP contribution in [0.25, 0.3) is 0 Å². The number of benzene rings is 2. The summed E-state index contributed by atoms with van der Waals surface area (Å²) in [7, 11) is -3.58. The lowest BCUT2D eigenvalue weighted by atomic mass is 10.1. The Kier molecular flexibility index (Phi) is 4.23. The van der Waals surface area contributed by atoms with Gasteiger partial charge in [0, 0.05) is 24.7 Å². The first kappa shape index (κ1) is 15.5. The van der Waals surface area contributed by atoms with Crippen LogP contribution in [0.5, 0.6) is 0 Å². The molecule has 3 rings (SSSR count). The number of fused-ring (bicyclic) bond motifs is 1. The molecule has 1 aliphatic rings. The van der Waals surface area contributed by atoms with E-state index in [9.17, 15) is 8.42 Å². The van der Waals surface area contributed by atoms with Crippen molar-refractivity contribution in [2.75, 3.05) is 0 Å². The van der Waals surface area contributed by atoms with Gasteiger partial charge in [-0.3, -0.25) is 0 Å². The third-order valence-electron chi connectivity index (χ3n) is 3.88. The molecule has 0 aromatic heterocycles. The zero-order valence-electron chi connectivity index (χ0n) is 12.2. The Labute approximate surface area is 135 Å². The maximum atomic E-state index is 12.4. The molecule has 2 aromatic rings. The van der Waals surface area contributed by atoms with Crippen LogP contribution in [0.2, 0.25) is 5.02 Å². The fourth-order valence-electron chi connectivity index (χ4n) is 2.59. The topological polar surface area (TPSA) is 58.2 Å². The van der Waals surface area contributed by atoms with Gasteiger partial charge in [0.2, 0.25) is 10.0 Å². The fraction of sp³-hybridized carbons (Fsp3) is 0.250. The molecule has 22 heavy (non-hydrogen) atoms. The molecular weight excluding hydrogens is 320 g/mol. The van der Waals surface area contributed by atoms with E-state index in [1.165, 1.54) is 11.1 Å². The molecule has 116 valence electrons. The van der Waals surface area contributed by atoms with Gasteiger partial charge >= 0.3 is 0 Å². The van der Waals surface area contributed by atoms with Gasteiger partial charge in [0.15, 0.2) is 0 Å². The maximum absolute atomic E-state index is 12.4. The molecule has 1 heterocycles. The van der Waals surface area contributed by atoms with Crippen LogP contribution in [-0.4, -0.2) is 8.42 Å². The summed E-state index contributed by atoms with van der Waals surface area (Å²) in [5, 5.41) is 3.72. The highest BCUT2D eigenvalue weighted by atomic mass is 35.5. The summed E-state index contributed by atoms with van der Waals surface area (Å²) in [5.41, 5.74) is 4.02. The highest BCUT2D eigenvalue weighted by Gasteiger charge is 2.18. The van der Waals surface area contributed by atoms with Crippen molar-refractivity contribution in [1.82, 2.24) is 10.0 Å². The summed E-state index contributed by atoms with van der Waals surface area (Å²) < 4.78 is 27.5. The van der Waals surface area contributed by atoms with Gasteiger partial charge in [0.25, 0.3) is 0 Å².